The van der Waals surface area contributed by atoms with E-state index in [0.717, 1.165) is 16.9 Å². The molecule has 0 aliphatic carbocycles. The van der Waals surface area contributed by atoms with Gasteiger partial charge in [0.1, 0.15) is 18.0 Å². The highest BCUT2D eigenvalue weighted by Gasteiger charge is 2.04. The molecule has 1 aromatic carbocycles. The van der Waals surface area contributed by atoms with Crippen molar-refractivity contribution in [3.05, 3.63) is 60.0 Å². The Bertz CT molecular complexity index is 685. The molecule has 19 heavy (non-hydrogen) atoms. The minimum absolute atomic E-state index is 0.412. The summed E-state index contributed by atoms with van der Waals surface area (Å²) in [6.07, 6.45) is 3.92. The molecule has 0 aliphatic rings. The zero-order chi connectivity index (χ0) is 13.2. The average Bonchev–Trinajstić information content (AvgIpc) is 2.82. The van der Waals surface area contributed by atoms with Crippen LogP contribution in [0.5, 0.6) is 5.75 Å². The smallest absolute Gasteiger partial charge is 0.143 e. The highest BCUT2D eigenvalue weighted by Crippen LogP contribution is 2.23. The van der Waals surface area contributed by atoms with Crippen LogP contribution in [0.2, 0.25) is 0 Å². The maximum atomic E-state index is 5.88. The van der Waals surface area contributed by atoms with Gasteiger partial charge in [-0.1, -0.05) is 12.1 Å². The number of nitrogens with zero attached hydrogens (tertiary/aromatic N) is 2. The van der Waals surface area contributed by atoms with Crippen molar-refractivity contribution in [2.75, 3.05) is 5.73 Å². The minimum Gasteiger partial charge on any atom is -0.485 e. The van der Waals surface area contributed by atoms with E-state index < -0.39 is 0 Å². The number of pyridine rings is 1. The van der Waals surface area contributed by atoms with E-state index in [1.807, 2.05) is 60.1 Å². The third-order valence-corrected chi connectivity index (χ3v) is 2.96. The number of ether oxygens (including phenoxy) is 1. The SMILES string of the molecule is Cc1ccc(N)c(OCc2cn3ccccc3n2)c1. The van der Waals surface area contributed by atoms with Gasteiger partial charge in [0.25, 0.3) is 0 Å². The lowest BCUT2D eigenvalue weighted by Gasteiger charge is -2.08. The van der Waals surface area contributed by atoms with Crippen LogP contribution >= 0.6 is 0 Å². The fourth-order valence-corrected chi connectivity index (χ4v) is 1.98. The molecule has 0 saturated carbocycles. The van der Waals surface area contributed by atoms with Crippen LogP contribution < -0.4 is 10.5 Å². The Labute approximate surface area is 111 Å². The number of nitrogens with two attached hydrogens (primary N) is 1. The Morgan fingerprint density at radius 3 is 3.00 bits per heavy atom. The molecule has 4 heteroatoms. The summed E-state index contributed by atoms with van der Waals surface area (Å²) in [5.74, 6) is 0.706. The number of rotatable bonds is 3. The molecular weight excluding hydrogens is 238 g/mol. The van der Waals surface area contributed by atoms with Gasteiger partial charge in [-0.15, -0.1) is 0 Å². The number of hydrogen-bond donors (Lipinski definition) is 1. The number of imidazole rings is 1. The van der Waals surface area contributed by atoms with Gasteiger partial charge in [-0.25, -0.2) is 4.98 Å². The number of hydrogen-bond acceptors (Lipinski definition) is 3. The fraction of sp³-hybridized carbons (Fsp3) is 0.133. The lowest BCUT2D eigenvalue weighted by atomic mass is 10.2. The van der Waals surface area contributed by atoms with Gasteiger partial charge in [0.2, 0.25) is 0 Å². The summed E-state index contributed by atoms with van der Waals surface area (Å²) in [6, 6.07) is 11.7. The maximum Gasteiger partial charge on any atom is 0.143 e. The molecule has 0 unspecified atom stereocenters. The maximum absolute atomic E-state index is 5.88. The Kier molecular flexibility index (Phi) is 2.83. The molecule has 2 N–H and O–H groups in total. The minimum atomic E-state index is 0.412. The molecular formula is C15H15N3O. The third kappa shape index (κ3) is 2.38. The molecule has 4 nitrogen and oxygen atoms in total. The summed E-state index contributed by atoms with van der Waals surface area (Å²) in [5.41, 5.74) is 9.45. The molecule has 3 aromatic rings. The van der Waals surface area contributed by atoms with Crippen molar-refractivity contribution in [3.63, 3.8) is 0 Å². The van der Waals surface area contributed by atoms with Crippen molar-refractivity contribution in [1.29, 1.82) is 0 Å². The van der Waals surface area contributed by atoms with E-state index in [4.69, 9.17) is 10.5 Å². The summed E-state index contributed by atoms with van der Waals surface area (Å²) in [7, 11) is 0. The molecule has 0 fully saturated rings. The predicted molar refractivity (Wildman–Crippen MR) is 75.1 cm³/mol. The fourth-order valence-electron chi connectivity index (χ4n) is 1.98. The highest BCUT2D eigenvalue weighted by molar-refractivity contribution is 5.53. The second-order valence-electron chi connectivity index (χ2n) is 4.53. The van der Waals surface area contributed by atoms with Crippen molar-refractivity contribution in [2.24, 2.45) is 0 Å². The van der Waals surface area contributed by atoms with Gasteiger partial charge >= 0.3 is 0 Å². The molecule has 96 valence electrons. The number of anilines is 1. The van der Waals surface area contributed by atoms with Crippen LogP contribution in [0.3, 0.4) is 0 Å². The summed E-state index contributed by atoms with van der Waals surface area (Å²) in [4.78, 5) is 4.48. The number of aryl methyl sites for hydroxylation is 1. The Balaban J connectivity index is 1.80. The van der Waals surface area contributed by atoms with Crippen molar-refractivity contribution < 1.29 is 4.74 Å². The van der Waals surface area contributed by atoms with Gasteiger partial charge in [0, 0.05) is 12.4 Å². The average molecular weight is 253 g/mol. The predicted octanol–water partition coefficient (Wildman–Crippen LogP) is 2.80. The second-order valence-corrected chi connectivity index (χ2v) is 4.53. The van der Waals surface area contributed by atoms with Crippen molar-refractivity contribution in [2.45, 2.75) is 13.5 Å². The molecule has 2 aromatic heterocycles. The first-order chi connectivity index (χ1) is 9.22. The van der Waals surface area contributed by atoms with E-state index in [1.165, 1.54) is 0 Å². The molecule has 0 saturated heterocycles. The van der Waals surface area contributed by atoms with E-state index in [-0.39, 0.29) is 0 Å². The summed E-state index contributed by atoms with van der Waals surface area (Å²) >= 11 is 0. The third-order valence-electron chi connectivity index (χ3n) is 2.96. The van der Waals surface area contributed by atoms with Gasteiger partial charge in [0.05, 0.1) is 11.4 Å². The number of aromatic nitrogens is 2. The van der Waals surface area contributed by atoms with Crippen LogP contribution in [0.15, 0.2) is 48.8 Å². The topological polar surface area (TPSA) is 52.5 Å². The van der Waals surface area contributed by atoms with Gasteiger partial charge in [-0.05, 0) is 36.8 Å². The molecule has 0 amide bonds. The standard InChI is InChI=1S/C15H15N3O/c1-11-5-6-13(16)14(8-11)19-10-12-9-18-7-3-2-4-15(18)17-12/h2-9H,10,16H2,1H3. The normalized spacial score (nSPS) is 10.8. The van der Waals surface area contributed by atoms with Gasteiger partial charge in [-0.3, -0.25) is 0 Å². The van der Waals surface area contributed by atoms with Crippen molar-refractivity contribution in [3.8, 4) is 5.75 Å². The lowest BCUT2D eigenvalue weighted by molar-refractivity contribution is 0.303. The zero-order valence-corrected chi connectivity index (χ0v) is 10.7. The first-order valence-electron chi connectivity index (χ1n) is 6.14. The van der Waals surface area contributed by atoms with Crippen molar-refractivity contribution in [1.82, 2.24) is 9.38 Å². The van der Waals surface area contributed by atoms with E-state index in [0.29, 0.717) is 18.0 Å². The number of nitrogen functional groups attached to an aromatic ring is 1. The van der Waals surface area contributed by atoms with Crippen molar-refractivity contribution >= 4 is 11.3 Å². The highest BCUT2D eigenvalue weighted by atomic mass is 16.5. The zero-order valence-electron chi connectivity index (χ0n) is 10.7. The molecule has 0 spiro atoms. The van der Waals surface area contributed by atoms with Crippen LogP contribution in [-0.4, -0.2) is 9.38 Å². The van der Waals surface area contributed by atoms with Gasteiger partial charge in [0.15, 0.2) is 0 Å². The summed E-state index contributed by atoms with van der Waals surface area (Å²) < 4.78 is 7.70. The largest absolute Gasteiger partial charge is 0.485 e. The van der Waals surface area contributed by atoms with Gasteiger partial charge < -0.3 is 14.9 Å². The molecule has 2 heterocycles. The Morgan fingerprint density at radius 1 is 1.26 bits per heavy atom. The van der Waals surface area contributed by atoms with Gasteiger partial charge in [-0.2, -0.15) is 0 Å². The summed E-state index contributed by atoms with van der Waals surface area (Å²) in [5, 5.41) is 0. The van der Waals surface area contributed by atoms with E-state index >= 15 is 0 Å². The molecule has 0 radical (unpaired) electrons. The first kappa shape index (κ1) is 11.6. The van der Waals surface area contributed by atoms with Crippen LogP contribution in [0.4, 0.5) is 5.69 Å². The molecule has 3 rings (SSSR count). The van der Waals surface area contributed by atoms with Crippen LogP contribution in [0, 0.1) is 6.92 Å². The van der Waals surface area contributed by atoms with Crippen LogP contribution in [0.25, 0.3) is 5.65 Å². The van der Waals surface area contributed by atoms with Crippen LogP contribution in [-0.2, 0) is 6.61 Å². The molecule has 0 aliphatic heterocycles. The first-order valence-corrected chi connectivity index (χ1v) is 6.14. The Hall–Kier alpha value is -2.49. The lowest BCUT2D eigenvalue weighted by Crippen LogP contribution is -1.99. The quantitative estimate of drug-likeness (QED) is 0.730. The monoisotopic (exact) mass is 253 g/mol. The molecule has 0 atom stereocenters. The van der Waals surface area contributed by atoms with Crippen LogP contribution in [0.1, 0.15) is 11.3 Å². The second kappa shape index (κ2) is 4.65. The Morgan fingerprint density at radius 2 is 2.16 bits per heavy atom. The number of benzene rings is 1. The van der Waals surface area contributed by atoms with E-state index in [1.54, 1.807) is 0 Å². The van der Waals surface area contributed by atoms with E-state index in [2.05, 4.69) is 4.98 Å². The van der Waals surface area contributed by atoms with E-state index in [9.17, 15) is 0 Å². The summed E-state index contributed by atoms with van der Waals surface area (Å²) in [6.45, 7) is 2.42. The molecule has 0 bridgehead atoms. The number of fused-ring (bicyclic) bond motifs is 1.